The number of thiazole rings is 1. The Labute approximate surface area is 138 Å². The Balaban J connectivity index is 2.39. The fourth-order valence-corrected chi connectivity index (χ4v) is 3.06. The molecule has 2 N–H and O–H groups in total. The summed E-state index contributed by atoms with van der Waals surface area (Å²) in [6.07, 6.45) is -6.50. The average molecular weight is 362 g/mol. The Bertz CT molecular complexity index is 744. The molecular formula is C14H13F3N2O4S. The number of nitrogens with zero attached hydrogens (tertiary/aromatic N) is 2. The Hall–Kier alpha value is -2.20. The molecule has 2 aromatic rings. The summed E-state index contributed by atoms with van der Waals surface area (Å²) in [4.78, 5) is 26.9. The molecule has 10 heteroatoms. The van der Waals surface area contributed by atoms with E-state index in [4.69, 9.17) is 5.11 Å². The van der Waals surface area contributed by atoms with E-state index in [-0.39, 0.29) is 5.52 Å². The van der Waals surface area contributed by atoms with Crippen molar-refractivity contribution in [3.05, 3.63) is 29.3 Å². The molecule has 0 aliphatic rings. The lowest BCUT2D eigenvalue weighted by Crippen LogP contribution is -2.47. The molecule has 24 heavy (non-hydrogen) atoms. The van der Waals surface area contributed by atoms with Crippen molar-refractivity contribution in [3.8, 4) is 0 Å². The SMILES string of the molecule is CN(CC(=O)O)C(=O)CC(O)(c1nc2ccccc2s1)C(F)(F)F. The highest BCUT2D eigenvalue weighted by Crippen LogP contribution is 2.44. The van der Waals surface area contributed by atoms with Crippen molar-refractivity contribution < 1.29 is 33.0 Å². The zero-order valence-electron chi connectivity index (χ0n) is 12.4. The number of aliphatic hydroxyl groups is 1. The molecule has 0 bridgehead atoms. The molecule has 1 atom stereocenters. The fraction of sp³-hybridized carbons (Fsp3) is 0.357. The van der Waals surface area contributed by atoms with E-state index >= 15 is 0 Å². The minimum absolute atomic E-state index is 0.270. The van der Waals surface area contributed by atoms with Crippen molar-refractivity contribution in [2.45, 2.75) is 18.2 Å². The molecule has 0 radical (unpaired) electrons. The average Bonchev–Trinajstić information content (AvgIpc) is 2.89. The molecule has 0 saturated heterocycles. The van der Waals surface area contributed by atoms with E-state index in [1.165, 1.54) is 6.07 Å². The van der Waals surface area contributed by atoms with Crippen LogP contribution < -0.4 is 0 Å². The number of aromatic nitrogens is 1. The van der Waals surface area contributed by atoms with E-state index in [9.17, 15) is 27.9 Å². The normalized spacial score (nSPS) is 14.4. The molecule has 1 heterocycles. The van der Waals surface area contributed by atoms with Gasteiger partial charge in [-0.1, -0.05) is 12.1 Å². The number of carboxylic acid groups (broad SMARTS) is 1. The lowest BCUT2D eigenvalue weighted by atomic mass is 9.99. The standard InChI is InChI=1S/C14H13F3N2O4S/c1-19(7-11(21)22)10(20)6-13(23,14(15,16)17)12-18-8-4-2-3-5-9(8)24-12/h2-5,23H,6-7H2,1H3,(H,21,22). The predicted molar refractivity (Wildman–Crippen MR) is 79.5 cm³/mol. The molecule has 0 aliphatic carbocycles. The number of amides is 1. The van der Waals surface area contributed by atoms with Crippen LogP contribution in [0.3, 0.4) is 0 Å². The molecule has 1 amide bonds. The Morgan fingerprint density at radius 2 is 1.92 bits per heavy atom. The fourth-order valence-electron chi connectivity index (χ4n) is 1.99. The maximum absolute atomic E-state index is 13.4. The van der Waals surface area contributed by atoms with Gasteiger partial charge in [0.2, 0.25) is 11.5 Å². The van der Waals surface area contributed by atoms with Gasteiger partial charge in [0.05, 0.1) is 16.6 Å². The highest BCUT2D eigenvalue weighted by molar-refractivity contribution is 7.18. The van der Waals surface area contributed by atoms with Crippen LogP contribution >= 0.6 is 11.3 Å². The number of likely N-dealkylation sites (N-methyl/N-ethyl adjacent to an activating group) is 1. The number of para-hydroxylation sites is 1. The third-order valence-electron chi connectivity index (χ3n) is 3.32. The highest BCUT2D eigenvalue weighted by Gasteiger charge is 2.58. The zero-order valence-corrected chi connectivity index (χ0v) is 13.2. The van der Waals surface area contributed by atoms with Gasteiger partial charge in [0.15, 0.2) is 0 Å². The number of carbonyl (C=O) groups is 2. The molecule has 6 nitrogen and oxygen atoms in total. The van der Waals surface area contributed by atoms with Crippen molar-refractivity contribution >= 4 is 33.4 Å². The van der Waals surface area contributed by atoms with Gasteiger partial charge in [-0.2, -0.15) is 13.2 Å². The van der Waals surface area contributed by atoms with E-state index in [0.717, 1.165) is 7.05 Å². The van der Waals surface area contributed by atoms with Gasteiger partial charge in [0.25, 0.3) is 0 Å². The van der Waals surface area contributed by atoms with Crippen LogP contribution in [-0.4, -0.2) is 51.7 Å². The van der Waals surface area contributed by atoms with E-state index in [1.807, 2.05) is 0 Å². The second-order valence-corrected chi connectivity index (χ2v) is 6.20. The summed E-state index contributed by atoms with van der Waals surface area (Å²) >= 11 is 0.631. The number of carboxylic acids is 1. The number of rotatable bonds is 5. The van der Waals surface area contributed by atoms with Crippen LogP contribution in [0.4, 0.5) is 13.2 Å². The van der Waals surface area contributed by atoms with Gasteiger partial charge >= 0.3 is 12.1 Å². The number of benzene rings is 1. The molecule has 1 aromatic heterocycles. The van der Waals surface area contributed by atoms with Gasteiger partial charge in [-0.3, -0.25) is 9.59 Å². The van der Waals surface area contributed by atoms with Crippen LogP contribution in [0.25, 0.3) is 10.2 Å². The van der Waals surface area contributed by atoms with Gasteiger partial charge in [-0.25, -0.2) is 4.98 Å². The first-order valence-corrected chi connectivity index (χ1v) is 7.47. The Kier molecular flexibility index (Phi) is 4.81. The lowest BCUT2D eigenvalue weighted by molar-refractivity contribution is -0.268. The monoisotopic (exact) mass is 362 g/mol. The number of hydrogen-bond donors (Lipinski definition) is 2. The van der Waals surface area contributed by atoms with Crippen LogP contribution in [0, 0.1) is 0 Å². The molecule has 0 spiro atoms. The molecule has 130 valence electrons. The first-order chi connectivity index (χ1) is 11.0. The van der Waals surface area contributed by atoms with Crippen molar-refractivity contribution in [2.75, 3.05) is 13.6 Å². The van der Waals surface area contributed by atoms with Gasteiger partial charge in [0, 0.05) is 7.05 Å². The van der Waals surface area contributed by atoms with Gasteiger partial charge < -0.3 is 15.1 Å². The number of alkyl halides is 3. The molecule has 1 aromatic carbocycles. The second kappa shape index (κ2) is 6.36. The largest absolute Gasteiger partial charge is 0.480 e. The first-order valence-electron chi connectivity index (χ1n) is 6.65. The summed E-state index contributed by atoms with van der Waals surface area (Å²) in [5.41, 5.74) is -3.22. The molecule has 0 saturated carbocycles. The van der Waals surface area contributed by atoms with Crippen molar-refractivity contribution in [3.63, 3.8) is 0 Å². The topological polar surface area (TPSA) is 90.7 Å². The van der Waals surface area contributed by atoms with E-state index in [1.54, 1.807) is 18.2 Å². The van der Waals surface area contributed by atoms with Crippen LogP contribution in [0.15, 0.2) is 24.3 Å². The minimum Gasteiger partial charge on any atom is -0.480 e. The third kappa shape index (κ3) is 3.49. The van der Waals surface area contributed by atoms with Crippen molar-refractivity contribution in [2.24, 2.45) is 0 Å². The molecule has 2 rings (SSSR count). The van der Waals surface area contributed by atoms with E-state index in [0.29, 0.717) is 20.9 Å². The Morgan fingerprint density at radius 1 is 1.29 bits per heavy atom. The molecular weight excluding hydrogens is 349 g/mol. The van der Waals surface area contributed by atoms with E-state index in [2.05, 4.69) is 4.98 Å². The summed E-state index contributed by atoms with van der Waals surface area (Å²) in [5.74, 6) is -2.53. The summed E-state index contributed by atoms with van der Waals surface area (Å²) in [5, 5.41) is 18.2. The highest BCUT2D eigenvalue weighted by atomic mass is 32.1. The quantitative estimate of drug-likeness (QED) is 0.849. The van der Waals surface area contributed by atoms with Crippen molar-refractivity contribution in [1.82, 2.24) is 9.88 Å². The summed E-state index contributed by atoms with van der Waals surface area (Å²) in [6, 6.07) is 6.24. The maximum Gasteiger partial charge on any atom is 0.424 e. The van der Waals surface area contributed by atoms with Crippen LogP contribution in [0.5, 0.6) is 0 Å². The van der Waals surface area contributed by atoms with Crippen LogP contribution in [0.2, 0.25) is 0 Å². The predicted octanol–water partition coefficient (Wildman–Crippen LogP) is 1.98. The number of hydrogen-bond acceptors (Lipinski definition) is 5. The summed E-state index contributed by atoms with van der Waals surface area (Å²) < 4.78 is 40.7. The van der Waals surface area contributed by atoms with Gasteiger partial charge in [0.1, 0.15) is 11.6 Å². The maximum atomic E-state index is 13.4. The molecule has 0 aliphatic heterocycles. The second-order valence-electron chi connectivity index (χ2n) is 5.17. The van der Waals surface area contributed by atoms with Gasteiger partial charge in [-0.15, -0.1) is 11.3 Å². The smallest absolute Gasteiger partial charge is 0.424 e. The zero-order chi connectivity index (χ0) is 18.1. The van der Waals surface area contributed by atoms with Crippen molar-refractivity contribution in [1.29, 1.82) is 0 Å². The molecule has 0 fully saturated rings. The number of fused-ring (bicyclic) bond motifs is 1. The Morgan fingerprint density at radius 3 is 2.46 bits per heavy atom. The third-order valence-corrected chi connectivity index (χ3v) is 4.51. The lowest BCUT2D eigenvalue weighted by Gasteiger charge is -2.29. The summed E-state index contributed by atoms with van der Waals surface area (Å²) in [6.45, 7) is -0.771. The number of aliphatic carboxylic acids is 1. The minimum atomic E-state index is -5.15. The number of halogens is 3. The summed E-state index contributed by atoms with van der Waals surface area (Å²) in [7, 11) is 1.05. The molecule has 1 unspecified atom stereocenters. The van der Waals surface area contributed by atoms with Crippen LogP contribution in [0.1, 0.15) is 11.4 Å². The van der Waals surface area contributed by atoms with E-state index < -0.39 is 41.6 Å². The number of carbonyl (C=O) groups excluding carboxylic acids is 1. The van der Waals surface area contributed by atoms with Crippen LogP contribution in [-0.2, 0) is 15.2 Å². The first kappa shape index (κ1) is 18.1. The van der Waals surface area contributed by atoms with Gasteiger partial charge in [-0.05, 0) is 12.1 Å².